The van der Waals surface area contributed by atoms with Crippen molar-refractivity contribution >= 4 is 12.0 Å². The summed E-state index contributed by atoms with van der Waals surface area (Å²) in [6.07, 6.45) is 6.24. The molecule has 0 bridgehead atoms. The van der Waals surface area contributed by atoms with Crippen molar-refractivity contribution in [2.24, 2.45) is 0 Å². The van der Waals surface area contributed by atoms with Crippen molar-refractivity contribution in [3.8, 4) is 5.75 Å². The Kier molecular flexibility index (Phi) is 5.12. The third kappa shape index (κ3) is 4.13. The lowest BCUT2D eigenvalue weighted by molar-refractivity contribution is -0.116. The van der Waals surface area contributed by atoms with Crippen molar-refractivity contribution in [3.63, 3.8) is 0 Å². The molecule has 2 aromatic carbocycles. The number of fused-ring (bicyclic) bond motifs is 1. The van der Waals surface area contributed by atoms with E-state index in [9.17, 15) is 4.79 Å². The minimum absolute atomic E-state index is 0.0618. The van der Waals surface area contributed by atoms with Gasteiger partial charge in [0.1, 0.15) is 11.9 Å². The molecule has 1 atom stereocenters. The number of nitrogens with one attached hydrogen (secondary N) is 1. The van der Waals surface area contributed by atoms with E-state index >= 15 is 0 Å². The number of amides is 1. The van der Waals surface area contributed by atoms with Gasteiger partial charge in [0.05, 0.1) is 0 Å². The first-order chi connectivity index (χ1) is 11.7. The number of benzene rings is 2. The Balaban J connectivity index is 1.55. The molecule has 3 rings (SSSR count). The van der Waals surface area contributed by atoms with E-state index in [1.807, 2.05) is 55.5 Å². The molecule has 3 heteroatoms. The minimum atomic E-state index is -0.0853. The number of rotatable bonds is 5. The van der Waals surface area contributed by atoms with Crippen LogP contribution in [-0.2, 0) is 11.2 Å². The van der Waals surface area contributed by atoms with Crippen molar-refractivity contribution < 1.29 is 9.53 Å². The molecule has 1 unspecified atom stereocenters. The molecule has 0 fully saturated rings. The maximum Gasteiger partial charge on any atom is 0.244 e. The molecule has 0 saturated carbocycles. The Morgan fingerprint density at radius 3 is 2.71 bits per heavy atom. The summed E-state index contributed by atoms with van der Waals surface area (Å²) in [7, 11) is 0. The van der Waals surface area contributed by atoms with Gasteiger partial charge in [0.2, 0.25) is 5.91 Å². The van der Waals surface area contributed by atoms with Crippen LogP contribution >= 0.6 is 0 Å². The SMILES string of the molecule is CC1Oc2ccccc2C=C1C=CC(=O)NCCc1ccccc1. The van der Waals surface area contributed by atoms with Crippen LogP contribution in [0.3, 0.4) is 0 Å². The summed E-state index contributed by atoms with van der Waals surface area (Å²) >= 11 is 0. The lowest BCUT2D eigenvalue weighted by atomic mass is 10.0. The van der Waals surface area contributed by atoms with Crippen LogP contribution in [0.4, 0.5) is 0 Å². The molecular formula is C21H21NO2. The Morgan fingerprint density at radius 2 is 1.88 bits per heavy atom. The molecule has 1 amide bonds. The molecule has 122 valence electrons. The Labute approximate surface area is 142 Å². The van der Waals surface area contributed by atoms with Crippen molar-refractivity contribution in [2.75, 3.05) is 6.54 Å². The van der Waals surface area contributed by atoms with E-state index in [1.165, 1.54) is 5.56 Å². The molecule has 0 radical (unpaired) electrons. The fourth-order valence-corrected chi connectivity index (χ4v) is 2.65. The number of hydrogen-bond acceptors (Lipinski definition) is 2. The van der Waals surface area contributed by atoms with Crippen LogP contribution in [0.25, 0.3) is 6.08 Å². The number of ether oxygens (including phenoxy) is 1. The Hall–Kier alpha value is -2.81. The van der Waals surface area contributed by atoms with Gasteiger partial charge in [0.15, 0.2) is 0 Å². The highest BCUT2D eigenvalue weighted by atomic mass is 16.5. The first-order valence-electron chi connectivity index (χ1n) is 8.19. The van der Waals surface area contributed by atoms with Gasteiger partial charge in [-0.25, -0.2) is 0 Å². The highest BCUT2D eigenvalue weighted by Crippen LogP contribution is 2.29. The summed E-state index contributed by atoms with van der Waals surface area (Å²) in [4.78, 5) is 12.0. The third-order valence-corrected chi connectivity index (χ3v) is 4.00. The number of para-hydroxylation sites is 1. The van der Waals surface area contributed by atoms with Crippen LogP contribution in [0.2, 0.25) is 0 Å². The van der Waals surface area contributed by atoms with Crippen LogP contribution < -0.4 is 10.1 Å². The van der Waals surface area contributed by atoms with Gasteiger partial charge in [0, 0.05) is 18.2 Å². The minimum Gasteiger partial charge on any atom is -0.485 e. The summed E-state index contributed by atoms with van der Waals surface area (Å²) in [6.45, 7) is 2.61. The normalized spacial score (nSPS) is 16.2. The predicted octanol–water partition coefficient (Wildman–Crippen LogP) is 3.77. The first kappa shape index (κ1) is 16.1. The van der Waals surface area contributed by atoms with Gasteiger partial charge < -0.3 is 10.1 Å². The van der Waals surface area contributed by atoms with Gasteiger partial charge in [-0.15, -0.1) is 0 Å². The first-order valence-corrected chi connectivity index (χ1v) is 8.19. The zero-order chi connectivity index (χ0) is 16.8. The van der Waals surface area contributed by atoms with E-state index in [2.05, 4.69) is 23.5 Å². The van der Waals surface area contributed by atoms with Crippen LogP contribution in [0.15, 0.2) is 72.3 Å². The summed E-state index contributed by atoms with van der Waals surface area (Å²) < 4.78 is 5.86. The monoisotopic (exact) mass is 319 g/mol. The largest absolute Gasteiger partial charge is 0.485 e. The van der Waals surface area contributed by atoms with Gasteiger partial charge in [-0.2, -0.15) is 0 Å². The summed E-state index contributed by atoms with van der Waals surface area (Å²) in [5.74, 6) is 0.798. The molecule has 0 aromatic heterocycles. The molecule has 0 saturated heterocycles. The van der Waals surface area contributed by atoms with Crippen LogP contribution in [-0.4, -0.2) is 18.6 Å². The number of carbonyl (C=O) groups is 1. The Bertz CT molecular complexity index is 762. The molecule has 0 spiro atoms. The fraction of sp³-hybridized carbons (Fsp3) is 0.190. The molecule has 24 heavy (non-hydrogen) atoms. The summed E-state index contributed by atoms with van der Waals surface area (Å²) in [5, 5.41) is 2.91. The van der Waals surface area contributed by atoms with Crippen molar-refractivity contribution in [2.45, 2.75) is 19.4 Å². The maximum absolute atomic E-state index is 12.0. The van der Waals surface area contributed by atoms with E-state index < -0.39 is 0 Å². The molecule has 1 N–H and O–H groups in total. The smallest absolute Gasteiger partial charge is 0.244 e. The number of hydrogen-bond donors (Lipinski definition) is 1. The van der Waals surface area contributed by atoms with Gasteiger partial charge in [-0.3, -0.25) is 4.79 Å². The van der Waals surface area contributed by atoms with Gasteiger partial charge >= 0.3 is 0 Å². The van der Waals surface area contributed by atoms with E-state index in [1.54, 1.807) is 6.08 Å². The molecule has 3 nitrogen and oxygen atoms in total. The molecule has 1 heterocycles. The second kappa shape index (κ2) is 7.64. The average Bonchev–Trinajstić information content (AvgIpc) is 2.61. The summed E-state index contributed by atoms with van der Waals surface area (Å²) in [5.41, 5.74) is 3.25. The number of carbonyl (C=O) groups excluding carboxylic acids is 1. The molecule has 0 aliphatic carbocycles. The molecule has 2 aromatic rings. The molecule has 1 aliphatic heterocycles. The van der Waals surface area contributed by atoms with Gasteiger partial charge in [-0.05, 0) is 42.7 Å². The van der Waals surface area contributed by atoms with Crippen molar-refractivity contribution in [1.82, 2.24) is 5.32 Å². The standard InChI is InChI=1S/C21H21NO2/c1-16-18(15-19-9-5-6-10-20(19)24-16)11-12-21(23)22-14-13-17-7-3-2-4-8-17/h2-12,15-16H,13-14H2,1H3,(H,22,23). The zero-order valence-electron chi connectivity index (χ0n) is 13.7. The van der Waals surface area contributed by atoms with Crippen LogP contribution in [0.5, 0.6) is 5.75 Å². The highest BCUT2D eigenvalue weighted by Gasteiger charge is 2.16. The lowest BCUT2D eigenvalue weighted by Gasteiger charge is -2.22. The quantitative estimate of drug-likeness (QED) is 0.852. The zero-order valence-corrected chi connectivity index (χ0v) is 13.7. The van der Waals surface area contributed by atoms with E-state index in [4.69, 9.17) is 4.74 Å². The maximum atomic E-state index is 12.0. The second-order valence-corrected chi connectivity index (χ2v) is 5.80. The van der Waals surface area contributed by atoms with E-state index in [-0.39, 0.29) is 12.0 Å². The highest BCUT2D eigenvalue weighted by molar-refractivity contribution is 5.88. The van der Waals surface area contributed by atoms with Gasteiger partial charge in [0.25, 0.3) is 0 Å². The lowest BCUT2D eigenvalue weighted by Crippen LogP contribution is -2.24. The topological polar surface area (TPSA) is 38.3 Å². The van der Waals surface area contributed by atoms with Crippen LogP contribution in [0.1, 0.15) is 18.1 Å². The summed E-state index contributed by atoms with van der Waals surface area (Å²) in [6, 6.07) is 18.0. The fourth-order valence-electron chi connectivity index (χ4n) is 2.65. The Morgan fingerprint density at radius 1 is 1.12 bits per heavy atom. The predicted molar refractivity (Wildman–Crippen MR) is 96.8 cm³/mol. The van der Waals surface area contributed by atoms with E-state index in [0.29, 0.717) is 6.54 Å². The average molecular weight is 319 g/mol. The van der Waals surface area contributed by atoms with Crippen molar-refractivity contribution in [1.29, 1.82) is 0 Å². The third-order valence-electron chi connectivity index (χ3n) is 4.00. The molecule has 1 aliphatic rings. The van der Waals surface area contributed by atoms with Gasteiger partial charge in [-0.1, -0.05) is 48.5 Å². The molecular weight excluding hydrogens is 298 g/mol. The van der Waals surface area contributed by atoms with Crippen LogP contribution in [0, 0.1) is 0 Å². The van der Waals surface area contributed by atoms with Crippen molar-refractivity contribution in [3.05, 3.63) is 83.4 Å². The van der Waals surface area contributed by atoms with E-state index in [0.717, 1.165) is 23.3 Å². The second-order valence-electron chi connectivity index (χ2n) is 5.80.